The van der Waals surface area contributed by atoms with Crippen LogP contribution in [0.15, 0.2) is 35.6 Å². The molecule has 0 fully saturated rings. The van der Waals surface area contributed by atoms with Crippen molar-refractivity contribution in [1.29, 1.82) is 0 Å². The Morgan fingerprint density at radius 2 is 2.38 bits per heavy atom. The van der Waals surface area contributed by atoms with Crippen LogP contribution in [0.1, 0.15) is 24.8 Å². The fourth-order valence-electron chi connectivity index (χ4n) is 1.01. The van der Waals surface area contributed by atoms with Crippen molar-refractivity contribution in [2.75, 3.05) is 0 Å². The lowest BCUT2D eigenvalue weighted by atomic mass is 10.1. The molecular weight excluding hydrogens is 162 g/mol. The Hall–Kier alpha value is -1.57. The highest BCUT2D eigenvalue weighted by Crippen LogP contribution is 2.14. The van der Waals surface area contributed by atoms with E-state index in [1.807, 2.05) is 12.2 Å². The Morgan fingerprint density at radius 1 is 1.62 bits per heavy atom. The molecule has 0 spiro atoms. The molecule has 0 saturated carbocycles. The van der Waals surface area contributed by atoms with Crippen LogP contribution in [0.3, 0.4) is 0 Å². The Morgan fingerprint density at radius 3 is 2.92 bits per heavy atom. The van der Waals surface area contributed by atoms with Crippen LogP contribution >= 0.6 is 0 Å². The summed E-state index contributed by atoms with van der Waals surface area (Å²) in [6.45, 7) is 9.42. The van der Waals surface area contributed by atoms with E-state index in [4.69, 9.17) is 4.42 Å². The minimum atomic E-state index is 0.702. The molecule has 1 rings (SSSR count). The van der Waals surface area contributed by atoms with Crippen molar-refractivity contribution in [3.63, 3.8) is 0 Å². The number of nitrogens with zero attached hydrogens (tertiary/aromatic N) is 1. The van der Waals surface area contributed by atoms with E-state index in [1.54, 1.807) is 6.08 Å². The molecule has 1 aromatic heterocycles. The third-order valence-electron chi connectivity index (χ3n) is 1.80. The molecule has 2 heteroatoms. The first kappa shape index (κ1) is 9.52. The largest absolute Gasteiger partial charge is 0.444 e. The van der Waals surface area contributed by atoms with Crippen LogP contribution in [0.4, 0.5) is 0 Å². The predicted octanol–water partition coefficient (Wildman–Crippen LogP) is 3.30. The molecule has 0 N–H and O–H groups in total. The highest BCUT2D eigenvalue weighted by atomic mass is 16.3. The zero-order valence-corrected chi connectivity index (χ0v) is 7.79. The van der Waals surface area contributed by atoms with Crippen molar-refractivity contribution < 1.29 is 4.42 Å². The molecule has 0 amide bonds. The minimum absolute atomic E-state index is 0.702. The summed E-state index contributed by atoms with van der Waals surface area (Å²) in [5.41, 5.74) is 1.95. The number of allylic oxidation sites excluding steroid dienone is 2. The van der Waals surface area contributed by atoms with Crippen molar-refractivity contribution in [3.05, 3.63) is 42.7 Å². The molecule has 0 saturated heterocycles. The van der Waals surface area contributed by atoms with Gasteiger partial charge in [-0.2, -0.15) is 0 Å². The number of aromatic nitrogens is 1. The third-order valence-corrected chi connectivity index (χ3v) is 1.80. The maximum Gasteiger partial charge on any atom is 0.181 e. The van der Waals surface area contributed by atoms with E-state index in [0.29, 0.717) is 5.76 Å². The summed E-state index contributed by atoms with van der Waals surface area (Å²) < 4.78 is 5.10. The molecule has 2 nitrogen and oxygen atoms in total. The van der Waals surface area contributed by atoms with E-state index in [-0.39, 0.29) is 0 Å². The Bertz CT molecular complexity index is 334. The van der Waals surface area contributed by atoms with Gasteiger partial charge in [0, 0.05) is 0 Å². The summed E-state index contributed by atoms with van der Waals surface area (Å²) >= 11 is 0. The van der Waals surface area contributed by atoms with E-state index < -0.39 is 0 Å². The summed E-state index contributed by atoms with van der Waals surface area (Å²) in [5.74, 6) is 0.702. The first-order valence-corrected chi connectivity index (χ1v) is 4.20. The molecule has 0 aliphatic rings. The van der Waals surface area contributed by atoms with Gasteiger partial charge in [-0.3, -0.25) is 0 Å². The predicted molar refractivity (Wildman–Crippen MR) is 55.1 cm³/mol. The van der Waals surface area contributed by atoms with Crippen LogP contribution in [-0.2, 0) is 0 Å². The fourth-order valence-corrected chi connectivity index (χ4v) is 1.01. The molecule has 13 heavy (non-hydrogen) atoms. The highest BCUT2D eigenvalue weighted by Gasteiger charge is 2.00. The molecule has 0 bridgehead atoms. The summed E-state index contributed by atoms with van der Waals surface area (Å²) in [4.78, 5) is 4.06. The normalized spacial score (nSPS) is 11.3. The van der Waals surface area contributed by atoms with Gasteiger partial charge in [-0.05, 0) is 24.1 Å². The van der Waals surface area contributed by atoms with Gasteiger partial charge < -0.3 is 4.42 Å². The van der Waals surface area contributed by atoms with Gasteiger partial charge in [0.05, 0.1) is 0 Å². The molecular formula is C11H13NO. The van der Waals surface area contributed by atoms with Crippen molar-refractivity contribution in [2.45, 2.75) is 13.3 Å². The number of hydrogen-bond acceptors (Lipinski definition) is 2. The van der Waals surface area contributed by atoms with E-state index >= 15 is 0 Å². The van der Waals surface area contributed by atoms with E-state index in [2.05, 4.69) is 25.1 Å². The Balaban J connectivity index is 3.00. The van der Waals surface area contributed by atoms with Gasteiger partial charge in [-0.15, -0.1) is 0 Å². The summed E-state index contributed by atoms with van der Waals surface area (Å²) in [5, 5.41) is 0. The van der Waals surface area contributed by atoms with Crippen LogP contribution in [-0.4, -0.2) is 4.98 Å². The average molecular weight is 175 g/mol. The second kappa shape index (κ2) is 4.45. The minimum Gasteiger partial charge on any atom is -0.444 e. The first-order valence-electron chi connectivity index (χ1n) is 4.20. The van der Waals surface area contributed by atoms with Crippen LogP contribution in [0.25, 0.3) is 12.2 Å². The second-order valence-electron chi connectivity index (χ2n) is 2.58. The van der Waals surface area contributed by atoms with Crippen molar-refractivity contribution in [1.82, 2.24) is 4.98 Å². The molecule has 68 valence electrons. The maximum atomic E-state index is 5.10. The quantitative estimate of drug-likeness (QED) is 0.656. The number of oxazole rings is 1. The molecule has 0 radical (unpaired) electrons. The molecule has 0 aromatic carbocycles. The standard InChI is InChI=1S/C11H13NO/c1-4-9(5-2)7-10-11(6-3)13-8-12-10/h4,6-8H,1,3,5H2,2H3/b9-7+. The summed E-state index contributed by atoms with van der Waals surface area (Å²) in [7, 11) is 0. The zero-order valence-electron chi connectivity index (χ0n) is 7.79. The molecule has 1 aromatic rings. The van der Waals surface area contributed by atoms with Gasteiger partial charge in [-0.25, -0.2) is 4.98 Å². The zero-order chi connectivity index (χ0) is 9.68. The van der Waals surface area contributed by atoms with Gasteiger partial charge in [0.2, 0.25) is 0 Å². The van der Waals surface area contributed by atoms with Crippen molar-refractivity contribution in [2.24, 2.45) is 0 Å². The fraction of sp³-hybridized carbons (Fsp3) is 0.182. The smallest absolute Gasteiger partial charge is 0.181 e. The third kappa shape index (κ3) is 2.18. The van der Waals surface area contributed by atoms with E-state index in [1.165, 1.54) is 6.39 Å². The van der Waals surface area contributed by atoms with Gasteiger partial charge in [-0.1, -0.05) is 26.2 Å². The highest BCUT2D eigenvalue weighted by molar-refractivity contribution is 5.60. The summed E-state index contributed by atoms with van der Waals surface area (Å²) in [6, 6.07) is 0. The van der Waals surface area contributed by atoms with Crippen LogP contribution in [0.2, 0.25) is 0 Å². The molecule has 0 unspecified atom stereocenters. The maximum absolute atomic E-state index is 5.10. The van der Waals surface area contributed by atoms with Crippen LogP contribution in [0, 0.1) is 0 Å². The lowest BCUT2D eigenvalue weighted by molar-refractivity contribution is 0.548. The lowest BCUT2D eigenvalue weighted by Gasteiger charge is -1.94. The topological polar surface area (TPSA) is 26.0 Å². The van der Waals surface area contributed by atoms with Gasteiger partial charge in [0.25, 0.3) is 0 Å². The van der Waals surface area contributed by atoms with Crippen molar-refractivity contribution >= 4 is 12.2 Å². The Kier molecular flexibility index (Phi) is 3.26. The number of rotatable bonds is 4. The van der Waals surface area contributed by atoms with Gasteiger partial charge in [0.1, 0.15) is 5.69 Å². The molecule has 1 heterocycles. The van der Waals surface area contributed by atoms with E-state index in [0.717, 1.165) is 17.7 Å². The SMILES string of the molecule is C=C/C(=C\c1ncoc1C=C)CC. The monoisotopic (exact) mass is 175 g/mol. The second-order valence-corrected chi connectivity index (χ2v) is 2.58. The van der Waals surface area contributed by atoms with Crippen LogP contribution in [0.5, 0.6) is 0 Å². The Labute approximate surface area is 78.3 Å². The molecule has 0 aliphatic heterocycles. The average Bonchev–Trinajstić information content (AvgIpc) is 2.61. The molecule has 0 atom stereocenters. The summed E-state index contributed by atoms with van der Waals surface area (Å²) in [6.07, 6.45) is 7.77. The lowest BCUT2D eigenvalue weighted by Crippen LogP contribution is -1.79. The van der Waals surface area contributed by atoms with Crippen molar-refractivity contribution in [3.8, 4) is 0 Å². The van der Waals surface area contributed by atoms with Gasteiger partial charge in [0.15, 0.2) is 12.2 Å². The van der Waals surface area contributed by atoms with E-state index in [9.17, 15) is 0 Å². The van der Waals surface area contributed by atoms with Crippen LogP contribution < -0.4 is 0 Å². The first-order chi connectivity index (χ1) is 6.31. The molecule has 0 aliphatic carbocycles. The number of hydrogen-bond donors (Lipinski definition) is 0. The van der Waals surface area contributed by atoms with Gasteiger partial charge >= 0.3 is 0 Å².